The number of anilines is 2. The van der Waals surface area contributed by atoms with Crippen LogP contribution in [0.25, 0.3) is 0 Å². The van der Waals surface area contributed by atoms with Crippen LogP contribution >= 0.6 is 0 Å². The molecular formula is C13H15N5. The highest BCUT2D eigenvalue weighted by atomic mass is 15.1. The van der Waals surface area contributed by atoms with Crippen molar-refractivity contribution in [3.63, 3.8) is 0 Å². The first kappa shape index (κ1) is 11.1. The topological polar surface area (TPSA) is 62.7 Å². The number of nitrogens with zero attached hydrogens (tertiary/aromatic N) is 3. The first-order valence-electron chi connectivity index (χ1n) is 6.14. The fourth-order valence-corrected chi connectivity index (χ4v) is 2.20. The fraction of sp³-hybridized carbons (Fsp3) is 0.308. The van der Waals surface area contributed by atoms with Gasteiger partial charge in [0, 0.05) is 11.7 Å². The fourth-order valence-electron chi connectivity index (χ4n) is 2.20. The highest BCUT2D eigenvalue weighted by Gasteiger charge is 2.15. The molecule has 0 radical (unpaired) electrons. The van der Waals surface area contributed by atoms with Crippen LogP contribution in [0.4, 0.5) is 11.6 Å². The molecule has 1 saturated heterocycles. The van der Waals surface area contributed by atoms with Crippen LogP contribution in [-0.2, 0) is 0 Å². The molecule has 1 aliphatic rings. The second-order valence-corrected chi connectivity index (χ2v) is 4.36. The Morgan fingerprint density at radius 3 is 2.56 bits per heavy atom. The second kappa shape index (κ2) is 5.10. The molecule has 1 aromatic carbocycles. The van der Waals surface area contributed by atoms with Gasteiger partial charge in [0.25, 0.3) is 0 Å². The number of rotatable bonds is 3. The molecule has 0 amide bonds. The smallest absolute Gasteiger partial charge is 0.230 e. The number of hydrogen-bond donors (Lipinski definition) is 2. The molecule has 1 atom stereocenters. The molecule has 1 unspecified atom stereocenters. The third kappa shape index (κ3) is 2.46. The molecule has 0 bridgehead atoms. The Morgan fingerprint density at radius 1 is 1.11 bits per heavy atom. The van der Waals surface area contributed by atoms with Crippen molar-refractivity contribution < 1.29 is 0 Å². The van der Waals surface area contributed by atoms with Gasteiger partial charge in [-0.15, -0.1) is 0 Å². The van der Waals surface area contributed by atoms with Gasteiger partial charge in [0.1, 0.15) is 12.7 Å². The van der Waals surface area contributed by atoms with Gasteiger partial charge in [-0.3, -0.25) is 0 Å². The zero-order valence-corrected chi connectivity index (χ0v) is 10.0. The molecule has 3 rings (SSSR count). The zero-order valence-electron chi connectivity index (χ0n) is 10.0. The van der Waals surface area contributed by atoms with E-state index in [1.807, 2.05) is 0 Å². The van der Waals surface area contributed by atoms with E-state index in [1.54, 1.807) is 0 Å². The minimum Gasteiger partial charge on any atom is -0.324 e. The third-order valence-corrected chi connectivity index (χ3v) is 3.12. The maximum atomic E-state index is 4.03. The molecule has 2 aromatic rings. The monoisotopic (exact) mass is 241 g/mol. The lowest BCUT2D eigenvalue weighted by Crippen LogP contribution is -2.12. The highest BCUT2D eigenvalue weighted by molar-refractivity contribution is 5.53. The minimum absolute atomic E-state index is 0.510. The maximum absolute atomic E-state index is 4.03. The van der Waals surface area contributed by atoms with E-state index in [9.17, 15) is 0 Å². The van der Waals surface area contributed by atoms with Crippen molar-refractivity contribution in [2.75, 3.05) is 11.9 Å². The predicted octanol–water partition coefficient (Wildman–Crippen LogP) is 2.04. The van der Waals surface area contributed by atoms with E-state index in [0.29, 0.717) is 12.0 Å². The Kier molecular flexibility index (Phi) is 3.14. The molecule has 1 fully saturated rings. The van der Waals surface area contributed by atoms with Crippen molar-refractivity contribution in [2.24, 2.45) is 0 Å². The van der Waals surface area contributed by atoms with Crippen LogP contribution in [0.5, 0.6) is 0 Å². The van der Waals surface area contributed by atoms with Crippen LogP contribution in [-0.4, -0.2) is 21.5 Å². The van der Waals surface area contributed by atoms with E-state index < -0.39 is 0 Å². The van der Waals surface area contributed by atoms with Gasteiger partial charge in [-0.1, -0.05) is 12.1 Å². The molecule has 18 heavy (non-hydrogen) atoms. The summed E-state index contributed by atoms with van der Waals surface area (Å²) in [6.45, 7) is 1.12. The average Bonchev–Trinajstić information content (AvgIpc) is 2.95. The Morgan fingerprint density at radius 2 is 1.89 bits per heavy atom. The number of nitrogens with one attached hydrogen (secondary N) is 2. The molecule has 1 aromatic heterocycles. The van der Waals surface area contributed by atoms with E-state index in [0.717, 1.165) is 12.2 Å². The molecule has 2 heterocycles. The molecule has 1 aliphatic heterocycles. The van der Waals surface area contributed by atoms with Crippen LogP contribution in [0, 0.1) is 0 Å². The van der Waals surface area contributed by atoms with E-state index in [-0.39, 0.29) is 0 Å². The quantitative estimate of drug-likeness (QED) is 0.861. The minimum atomic E-state index is 0.510. The molecular weight excluding hydrogens is 226 g/mol. The van der Waals surface area contributed by atoms with E-state index in [1.165, 1.54) is 31.1 Å². The van der Waals surface area contributed by atoms with Crippen molar-refractivity contribution in [3.8, 4) is 0 Å². The van der Waals surface area contributed by atoms with Crippen LogP contribution in [0.3, 0.4) is 0 Å². The van der Waals surface area contributed by atoms with Crippen molar-refractivity contribution in [3.05, 3.63) is 42.5 Å². The van der Waals surface area contributed by atoms with Crippen LogP contribution < -0.4 is 10.6 Å². The summed E-state index contributed by atoms with van der Waals surface area (Å²) in [5.74, 6) is 0.566. The van der Waals surface area contributed by atoms with Crippen molar-refractivity contribution in [1.29, 1.82) is 0 Å². The Labute approximate surface area is 106 Å². The average molecular weight is 241 g/mol. The Bertz CT molecular complexity index is 491. The van der Waals surface area contributed by atoms with Gasteiger partial charge in [-0.25, -0.2) is 15.0 Å². The molecule has 92 valence electrons. The first-order valence-corrected chi connectivity index (χ1v) is 6.14. The lowest BCUT2D eigenvalue weighted by Gasteiger charge is -2.11. The number of hydrogen-bond acceptors (Lipinski definition) is 5. The SMILES string of the molecule is c1ncnc(Nc2ccc(C3CCCN3)cc2)n1. The summed E-state index contributed by atoms with van der Waals surface area (Å²) in [5.41, 5.74) is 2.33. The molecule has 2 N–H and O–H groups in total. The lowest BCUT2D eigenvalue weighted by atomic mass is 10.1. The van der Waals surface area contributed by atoms with Crippen LogP contribution in [0.15, 0.2) is 36.9 Å². The molecule has 5 heteroatoms. The van der Waals surface area contributed by atoms with Gasteiger partial charge in [0.2, 0.25) is 5.95 Å². The van der Waals surface area contributed by atoms with Gasteiger partial charge in [-0.2, -0.15) is 0 Å². The summed E-state index contributed by atoms with van der Waals surface area (Å²) in [5, 5.41) is 6.63. The maximum Gasteiger partial charge on any atom is 0.230 e. The third-order valence-electron chi connectivity index (χ3n) is 3.12. The van der Waals surface area contributed by atoms with Gasteiger partial charge >= 0.3 is 0 Å². The second-order valence-electron chi connectivity index (χ2n) is 4.36. The van der Waals surface area contributed by atoms with Crippen molar-refractivity contribution in [1.82, 2.24) is 20.3 Å². The van der Waals surface area contributed by atoms with Crippen LogP contribution in [0.2, 0.25) is 0 Å². The summed E-state index contributed by atoms with van der Waals surface area (Å²) in [6.07, 6.45) is 5.44. The Balaban J connectivity index is 1.71. The van der Waals surface area contributed by atoms with Crippen molar-refractivity contribution >= 4 is 11.6 Å². The van der Waals surface area contributed by atoms with Gasteiger partial charge in [0.15, 0.2) is 0 Å². The number of aromatic nitrogens is 3. The molecule has 0 spiro atoms. The summed E-state index contributed by atoms with van der Waals surface area (Å²) in [4.78, 5) is 11.8. The molecule has 0 saturated carbocycles. The van der Waals surface area contributed by atoms with Crippen LogP contribution in [0.1, 0.15) is 24.4 Å². The summed E-state index contributed by atoms with van der Waals surface area (Å²) in [6, 6.07) is 8.91. The largest absolute Gasteiger partial charge is 0.324 e. The Hall–Kier alpha value is -2.01. The first-order chi connectivity index (χ1) is 8.92. The normalized spacial score (nSPS) is 18.8. The molecule has 0 aliphatic carbocycles. The zero-order chi connectivity index (χ0) is 12.2. The van der Waals surface area contributed by atoms with E-state index in [2.05, 4.69) is 49.9 Å². The highest BCUT2D eigenvalue weighted by Crippen LogP contribution is 2.24. The predicted molar refractivity (Wildman–Crippen MR) is 69.5 cm³/mol. The van der Waals surface area contributed by atoms with Gasteiger partial charge in [0.05, 0.1) is 0 Å². The molecule has 5 nitrogen and oxygen atoms in total. The standard InChI is InChI=1S/C13H15N5/c1-2-12(15-7-1)10-3-5-11(6-4-10)18-13-16-8-14-9-17-13/h3-6,8-9,12,15H,1-2,7H2,(H,14,16,17,18). The van der Waals surface area contributed by atoms with Crippen molar-refractivity contribution in [2.45, 2.75) is 18.9 Å². The van der Waals surface area contributed by atoms with Gasteiger partial charge in [-0.05, 0) is 37.1 Å². The van der Waals surface area contributed by atoms with E-state index in [4.69, 9.17) is 0 Å². The summed E-state index contributed by atoms with van der Waals surface area (Å²) in [7, 11) is 0. The summed E-state index contributed by atoms with van der Waals surface area (Å²) >= 11 is 0. The van der Waals surface area contributed by atoms with E-state index >= 15 is 0 Å². The lowest BCUT2D eigenvalue weighted by molar-refractivity contribution is 0.648. The number of benzene rings is 1. The van der Waals surface area contributed by atoms with Gasteiger partial charge < -0.3 is 10.6 Å². The summed E-state index contributed by atoms with van der Waals surface area (Å²) < 4.78 is 0.